The van der Waals surface area contributed by atoms with Crippen LogP contribution >= 0.6 is 0 Å². The number of rotatable bonds is 14. The van der Waals surface area contributed by atoms with Gasteiger partial charge in [-0.05, 0) is 42.6 Å². The molecule has 2 aromatic carbocycles. The van der Waals surface area contributed by atoms with Crippen molar-refractivity contribution < 1.29 is 19.0 Å². The molecule has 2 heterocycles. The fourth-order valence-electron chi connectivity index (χ4n) is 4.66. The van der Waals surface area contributed by atoms with E-state index in [9.17, 15) is 4.79 Å². The Kier molecular flexibility index (Phi) is 9.35. The van der Waals surface area contributed by atoms with Crippen LogP contribution < -0.4 is 0 Å². The smallest absolute Gasteiger partial charge is 0.198 e. The first-order valence-corrected chi connectivity index (χ1v) is 17.4. The molecular formula is C30H42N2O4Si. The number of carbonyl (C=O) groups is 1. The third kappa shape index (κ3) is 8.08. The summed E-state index contributed by atoms with van der Waals surface area (Å²) in [4.78, 5) is 18.0. The maximum absolute atomic E-state index is 13.2. The Morgan fingerprint density at radius 3 is 2.51 bits per heavy atom. The van der Waals surface area contributed by atoms with Crippen molar-refractivity contribution in [2.45, 2.75) is 83.7 Å². The van der Waals surface area contributed by atoms with Gasteiger partial charge in [0.15, 0.2) is 17.4 Å². The predicted octanol–water partition coefficient (Wildman–Crippen LogP) is 7.30. The van der Waals surface area contributed by atoms with Crippen molar-refractivity contribution in [1.82, 2.24) is 9.55 Å². The number of imidazole rings is 1. The first kappa shape index (κ1) is 27.7. The number of benzene rings is 2. The van der Waals surface area contributed by atoms with Crippen molar-refractivity contribution >= 4 is 24.6 Å². The molecule has 1 aliphatic heterocycles. The second kappa shape index (κ2) is 12.5. The summed E-state index contributed by atoms with van der Waals surface area (Å²) in [5.74, 6) is 0.154. The van der Waals surface area contributed by atoms with Crippen molar-refractivity contribution in [2.75, 3.05) is 19.8 Å². The molecule has 3 aromatic rings. The van der Waals surface area contributed by atoms with Gasteiger partial charge in [0.2, 0.25) is 0 Å². The summed E-state index contributed by atoms with van der Waals surface area (Å²) in [6.45, 7) is 11.5. The van der Waals surface area contributed by atoms with E-state index in [1.165, 1.54) is 5.39 Å². The van der Waals surface area contributed by atoms with Gasteiger partial charge in [-0.25, -0.2) is 4.98 Å². The lowest BCUT2D eigenvalue weighted by Crippen LogP contribution is -2.24. The summed E-state index contributed by atoms with van der Waals surface area (Å²) in [5.41, 5.74) is 1.83. The molecule has 0 atom stereocenters. The minimum atomic E-state index is -1.18. The molecule has 0 radical (unpaired) electrons. The molecular weight excluding hydrogens is 480 g/mol. The van der Waals surface area contributed by atoms with Crippen LogP contribution in [0.25, 0.3) is 22.0 Å². The third-order valence-electron chi connectivity index (χ3n) is 6.98. The van der Waals surface area contributed by atoms with E-state index in [0.29, 0.717) is 38.8 Å². The Hall–Kier alpha value is -2.32. The maximum Gasteiger partial charge on any atom is 0.198 e. The number of Topliss-reactive ketones (excluding diaryl/α,β-unsaturated/α-hetero) is 1. The number of hydrogen-bond donors (Lipinski definition) is 0. The molecule has 7 heteroatoms. The Bertz CT molecular complexity index is 1180. The molecule has 1 saturated heterocycles. The standard InChI is InChI=1S/C30H42N2O4Si/c1-30(35-17-18-36-30)16-10-6-5-7-13-28(33)29-31-27(22-32(29)23-34-19-20-37(2,3)4)26-15-14-24-11-8-9-12-25(24)21-26/h8-9,11-12,14-15,21-22H,5-7,10,13,16-20,23H2,1-4H3. The van der Waals surface area contributed by atoms with Crippen LogP contribution in [0, 0.1) is 0 Å². The molecule has 1 aromatic heterocycles. The number of ether oxygens (including phenoxy) is 3. The summed E-state index contributed by atoms with van der Waals surface area (Å²) in [6, 6.07) is 15.7. The van der Waals surface area contributed by atoms with E-state index < -0.39 is 13.9 Å². The number of unbranched alkanes of at least 4 members (excludes halogenated alkanes) is 3. The summed E-state index contributed by atoms with van der Waals surface area (Å²) in [5, 5.41) is 2.35. The van der Waals surface area contributed by atoms with Gasteiger partial charge < -0.3 is 18.8 Å². The molecule has 4 rings (SSSR count). The van der Waals surface area contributed by atoms with Crippen molar-refractivity contribution in [3.05, 3.63) is 54.5 Å². The first-order valence-electron chi connectivity index (χ1n) is 13.7. The molecule has 37 heavy (non-hydrogen) atoms. The quantitative estimate of drug-likeness (QED) is 0.126. The van der Waals surface area contributed by atoms with Gasteiger partial charge in [0.25, 0.3) is 0 Å². The minimum absolute atomic E-state index is 0.0789. The van der Waals surface area contributed by atoms with Crippen molar-refractivity contribution in [3.8, 4) is 11.3 Å². The molecule has 1 fully saturated rings. The van der Waals surface area contributed by atoms with Crippen molar-refractivity contribution in [3.63, 3.8) is 0 Å². The van der Waals surface area contributed by atoms with Gasteiger partial charge in [-0.1, -0.05) is 68.9 Å². The van der Waals surface area contributed by atoms with Crippen LogP contribution in [0.5, 0.6) is 0 Å². The van der Waals surface area contributed by atoms with Crippen LogP contribution in [-0.4, -0.2) is 49.0 Å². The van der Waals surface area contributed by atoms with Gasteiger partial charge >= 0.3 is 0 Å². The summed E-state index contributed by atoms with van der Waals surface area (Å²) >= 11 is 0. The van der Waals surface area contributed by atoms with Gasteiger partial charge in [0.05, 0.1) is 18.9 Å². The zero-order chi connectivity index (χ0) is 26.3. The highest BCUT2D eigenvalue weighted by Gasteiger charge is 2.29. The molecule has 200 valence electrons. The lowest BCUT2D eigenvalue weighted by molar-refractivity contribution is -0.147. The average Bonchev–Trinajstić information content (AvgIpc) is 3.50. The molecule has 1 aliphatic rings. The van der Waals surface area contributed by atoms with Crippen LogP contribution in [-0.2, 0) is 20.9 Å². The summed E-state index contributed by atoms with van der Waals surface area (Å²) in [6.07, 6.45) is 7.32. The second-order valence-electron chi connectivity index (χ2n) is 11.5. The maximum atomic E-state index is 13.2. The molecule has 0 spiro atoms. The Labute approximate surface area is 222 Å². The Morgan fingerprint density at radius 2 is 1.76 bits per heavy atom. The highest BCUT2D eigenvalue weighted by atomic mass is 28.3. The largest absolute Gasteiger partial charge is 0.361 e. The Balaban J connectivity index is 1.38. The minimum Gasteiger partial charge on any atom is -0.361 e. The summed E-state index contributed by atoms with van der Waals surface area (Å²) in [7, 11) is -1.18. The number of nitrogens with zero attached hydrogens (tertiary/aromatic N) is 2. The van der Waals surface area contributed by atoms with Crippen LogP contribution in [0.15, 0.2) is 48.7 Å². The second-order valence-corrected chi connectivity index (χ2v) is 17.1. The van der Waals surface area contributed by atoms with Crippen LogP contribution in [0.4, 0.5) is 0 Å². The lowest BCUT2D eigenvalue weighted by Gasteiger charge is -2.21. The fourth-order valence-corrected chi connectivity index (χ4v) is 5.42. The van der Waals surface area contributed by atoms with E-state index in [4.69, 9.17) is 19.2 Å². The van der Waals surface area contributed by atoms with Gasteiger partial charge in [-0.3, -0.25) is 4.79 Å². The Morgan fingerprint density at radius 1 is 1.03 bits per heavy atom. The molecule has 0 aliphatic carbocycles. The van der Waals surface area contributed by atoms with E-state index in [2.05, 4.69) is 50.0 Å². The van der Waals surface area contributed by atoms with Gasteiger partial charge in [0, 0.05) is 39.3 Å². The van der Waals surface area contributed by atoms with E-state index in [1.54, 1.807) is 0 Å². The highest BCUT2D eigenvalue weighted by Crippen LogP contribution is 2.27. The van der Waals surface area contributed by atoms with Gasteiger partial charge in [-0.15, -0.1) is 0 Å². The van der Waals surface area contributed by atoms with Gasteiger partial charge in [-0.2, -0.15) is 0 Å². The average molecular weight is 523 g/mol. The molecule has 0 bridgehead atoms. The zero-order valence-corrected chi connectivity index (χ0v) is 23.9. The van der Waals surface area contributed by atoms with Crippen molar-refractivity contribution in [1.29, 1.82) is 0 Å². The van der Waals surface area contributed by atoms with E-state index >= 15 is 0 Å². The monoisotopic (exact) mass is 522 g/mol. The SMILES string of the molecule is CC1(CCCCCCC(=O)c2nc(-c3ccc4ccccc4c3)cn2COCC[Si](C)(C)C)OCCO1. The lowest BCUT2D eigenvalue weighted by atomic mass is 10.1. The zero-order valence-electron chi connectivity index (χ0n) is 22.9. The van der Waals surface area contributed by atoms with E-state index in [0.717, 1.165) is 54.8 Å². The number of aromatic nitrogens is 2. The predicted molar refractivity (Wildman–Crippen MR) is 152 cm³/mol. The van der Waals surface area contributed by atoms with Gasteiger partial charge in [0.1, 0.15) is 6.73 Å². The molecule has 0 N–H and O–H groups in total. The molecule has 6 nitrogen and oxygen atoms in total. The van der Waals surface area contributed by atoms with Crippen LogP contribution in [0.3, 0.4) is 0 Å². The van der Waals surface area contributed by atoms with Crippen LogP contribution in [0.1, 0.15) is 56.1 Å². The number of hydrogen-bond acceptors (Lipinski definition) is 5. The molecule has 0 amide bonds. The highest BCUT2D eigenvalue weighted by molar-refractivity contribution is 6.76. The number of carbonyl (C=O) groups excluding carboxylic acids is 1. The topological polar surface area (TPSA) is 62.6 Å². The first-order chi connectivity index (χ1) is 17.7. The van der Waals surface area contributed by atoms with E-state index in [1.807, 2.05) is 29.8 Å². The molecule has 0 unspecified atom stereocenters. The number of fused-ring (bicyclic) bond motifs is 1. The van der Waals surface area contributed by atoms with Crippen LogP contribution in [0.2, 0.25) is 25.7 Å². The third-order valence-corrected chi connectivity index (χ3v) is 8.68. The normalized spacial score (nSPS) is 15.5. The number of ketones is 1. The van der Waals surface area contributed by atoms with Crippen molar-refractivity contribution in [2.24, 2.45) is 0 Å². The molecule has 0 saturated carbocycles. The fraction of sp³-hybridized carbons (Fsp3) is 0.533. The van der Waals surface area contributed by atoms with E-state index in [-0.39, 0.29) is 5.78 Å². The summed E-state index contributed by atoms with van der Waals surface area (Å²) < 4.78 is 19.3.